The Morgan fingerprint density at radius 3 is 1.42 bits per heavy atom. The monoisotopic (exact) mass is 963 g/mol. The van der Waals surface area contributed by atoms with Crippen molar-refractivity contribution in [1.29, 1.82) is 0 Å². The van der Waals surface area contributed by atoms with E-state index in [1.165, 1.54) is 135 Å². The molecule has 0 aliphatic heterocycles. The van der Waals surface area contributed by atoms with E-state index in [4.69, 9.17) is 13.8 Å². The van der Waals surface area contributed by atoms with E-state index in [-0.39, 0.29) is 24.9 Å². The second kappa shape index (κ2) is 47.6. The van der Waals surface area contributed by atoms with E-state index in [9.17, 15) is 19.0 Å². The third kappa shape index (κ3) is 48.8. The first-order valence-corrected chi connectivity index (χ1v) is 29.4. The van der Waals surface area contributed by atoms with Crippen molar-refractivity contribution in [3.8, 4) is 0 Å². The fraction of sp³-hybridized carbons (Fsp3) is 0.825. The summed E-state index contributed by atoms with van der Waals surface area (Å²) >= 11 is 0. The summed E-state index contributed by atoms with van der Waals surface area (Å²) in [5, 5.41) is 3.01. The van der Waals surface area contributed by atoms with Gasteiger partial charge >= 0.3 is 5.97 Å². The highest BCUT2D eigenvalue weighted by molar-refractivity contribution is 7.45. The Morgan fingerprint density at radius 1 is 0.537 bits per heavy atom. The van der Waals surface area contributed by atoms with Crippen LogP contribution in [0.1, 0.15) is 252 Å². The predicted octanol–water partition coefficient (Wildman–Crippen LogP) is 15.9. The van der Waals surface area contributed by atoms with Crippen LogP contribution in [-0.2, 0) is 27.9 Å². The molecule has 0 saturated carbocycles. The van der Waals surface area contributed by atoms with Gasteiger partial charge in [0.05, 0.1) is 33.8 Å². The van der Waals surface area contributed by atoms with E-state index in [0.717, 1.165) is 77.0 Å². The van der Waals surface area contributed by atoms with Crippen LogP contribution < -0.4 is 10.2 Å². The summed E-state index contributed by atoms with van der Waals surface area (Å²) < 4.78 is 30.2. The summed E-state index contributed by atoms with van der Waals surface area (Å²) in [6.45, 7) is 6.70. The van der Waals surface area contributed by atoms with Crippen LogP contribution in [0, 0.1) is 0 Å². The van der Waals surface area contributed by atoms with Gasteiger partial charge in [-0.05, 0) is 51.0 Å². The number of carbonyl (C=O) groups is 2. The molecule has 1 amide bonds. The highest BCUT2D eigenvalue weighted by Gasteiger charge is 2.27. The van der Waals surface area contributed by atoms with E-state index < -0.39 is 26.6 Å². The summed E-state index contributed by atoms with van der Waals surface area (Å²) in [4.78, 5) is 39.7. The van der Waals surface area contributed by atoms with Crippen LogP contribution in [0.15, 0.2) is 48.6 Å². The Kier molecular flexibility index (Phi) is 46.2. The maximum atomic E-state index is 13.5. The number of esters is 1. The number of hydrogen-bond acceptors (Lipinski definition) is 7. The van der Waals surface area contributed by atoms with E-state index >= 15 is 0 Å². The van der Waals surface area contributed by atoms with Crippen molar-refractivity contribution in [2.24, 2.45) is 0 Å². The summed E-state index contributed by atoms with van der Waals surface area (Å²) in [6, 6.07) is -0.892. The van der Waals surface area contributed by atoms with Crippen molar-refractivity contribution in [1.82, 2.24) is 5.32 Å². The first-order chi connectivity index (χ1) is 32.4. The van der Waals surface area contributed by atoms with Gasteiger partial charge in [0.25, 0.3) is 7.82 Å². The molecule has 0 aromatic heterocycles. The van der Waals surface area contributed by atoms with Gasteiger partial charge in [0, 0.05) is 12.8 Å². The highest BCUT2D eigenvalue weighted by Crippen LogP contribution is 2.38. The first kappa shape index (κ1) is 65.0. The number of likely N-dealkylation sites (N-methyl/N-ethyl adjacent to an activating group) is 1. The van der Waals surface area contributed by atoms with Crippen LogP contribution in [0.5, 0.6) is 0 Å². The molecule has 0 aromatic rings. The minimum absolute atomic E-state index is 0.0251. The lowest BCUT2D eigenvalue weighted by atomic mass is 10.0. The molecule has 9 nitrogen and oxygen atoms in total. The van der Waals surface area contributed by atoms with Gasteiger partial charge in [-0.25, -0.2) is 0 Å². The number of ether oxygens (including phenoxy) is 1. The molecule has 0 fully saturated rings. The molecule has 0 aliphatic rings. The van der Waals surface area contributed by atoms with Gasteiger partial charge in [0.2, 0.25) is 5.91 Å². The van der Waals surface area contributed by atoms with Gasteiger partial charge in [-0.2, -0.15) is 0 Å². The number of carbonyl (C=O) groups excluding carboxylic acids is 2. The van der Waals surface area contributed by atoms with E-state index in [2.05, 4.69) is 62.5 Å². The minimum Gasteiger partial charge on any atom is -0.756 e. The summed E-state index contributed by atoms with van der Waals surface area (Å²) in [5.41, 5.74) is 0. The average molecular weight is 963 g/mol. The normalized spacial score (nSPS) is 14.2. The molecule has 0 saturated heterocycles. The van der Waals surface area contributed by atoms with Gasteiger partial charge in [0.15, 0.2) is 0 Å². The number of rotatable bonds is 50. The summed E-state index contributed by atoms with van der Waals surface area (Å²) in [7, 11) is 1.17. The lowest BCUT2D eigenvalue weighted by Gasteiger charge is -2.30. The second-order valence-corrected chi connectivity index (χ2v) is 21.5. The van der Waals surface area contributed by atoms with Crippen LogP contribution in [-0.4, -0.2) is 69.4 Å². The van der Waals surface area contributed by atoms with Gasteiger partial charge in [-0.15, -0.1) is 0 Å². The number of amides is 1. The predicted molar refractivity (Wildman–Crippen MR) is 284 cm³/mol. The van der Waals surface area contributed by atoms with Crippen LogP contribution >= 0.6 is 7.82 Å². The van der Waals surface area contributed by atoms with Gasteiger partial charge in [0.1, 0.15) is 19.3 Å². The molecule has 0 rings (SSSR count). The quantitative estimate of drug-likeness (QED) is 0.0161. The highest BCUT2D eigenvalue weighted by atomic mass is 31.2. The molecule has 0 aromatic carbocycles. The van der Waals surface area contributed by atoms with E-state index in [0.29, 0.717) is 23.9 Å². The Labute approximate surface area is 414 Å². The van der Waals surface area contributed by atoms with Gasteiger partial charge < -0.3 is 28.5 Å². The molecule has 67 heavy (non-hydrogen) atoms. The summed E-state index contributed by atoms with van der Waals surface area (Å²) in [5.74, 6) is -0.560. The second-order valence-electron chi connectivity index (χ2n) is 20.1. The fourth-order valence-corrected chi connectivity index (χ4v) is 8.72. The van der Waals surface area contributed by atoms with Crippen molar-refractivity contribution >= 4 is 19.7 Å². The number of allylic oxidation sites excluding steroid dienone is 7. The van der Waals surface area contributed by atoms with Crippen LogP contribution in [0.4, 0.5) is 0 Å². The Hall–Kier alpha value is -2.03. The molecule has 3 unspecified atom stereocenters. The molecule has 10 heteroatoms. The van der Waals surface area contributed by atoms with Crippen molar-refractivity contribution in [2.75, 3.05) is 40.9 Å². The smallest absolute Gasteiger partial charge is 0.306 e. The Balaban J connectivity index is 5.32. The topological polar surface area (TPSA) is 114 Å². The molecule has 3 atom stereocenters. The van der Waals surface area contributed by atoms with E-state index in [1.807, 2.05) is 33.3 Å². The van der Waals surface area contributed by atoms with Gasteiger partial charge in [-0.3, -0.25) is 14.2 Å². The van der Waals surface area contributed by atoms with E-state index in [1.54, 1.807) is 0 Å². The molecule has 1 N–H and O–H groups in total. The zero-order valence-electron chi connectivity index (χ0n) is 44.6. The molecular weight excluding hydrogens is 856 g/mol. The standard InChI is InChI=1S/C57H107N2O7P/c1-7-10-13-16-19-22-25-27-28-29-30-32-34-37-40-43-46-49-56(60)58-54(53-65-67(62,63)64-52-51-59(4,5)6)55(48-45-42-39-36-33-24-21-18-15-12-9-3)66-57(61)50-47-44-41-38-35-31-26-23-20-17-14-11-8-2/h11,14,17,20,23,26,45,48,54-55H,7-10,12-13,15-16,18-19,21-22,24-25,27-44,46-47,49-53H2,1-6H3,(H-,58,60,62,63)/b14-11+,20-17+,26-23-,48-45+. The molecule has 0 radical (unpaired) electrons. The van der Waals surface area contributed by atoms with Crippen molar-refractivity contribution in [3.63, 3.8) is 0 Å². The number of nitrogens with one attached hydrogen (secondary N) is 1. The Bertz CT molecular complexity index is 1290. The van der Waals surface area contributed by atoms with Gasteiger partial charge in [-0.1, -0.05) is 237 Å². The number of unbranched alkanes of at least 4 members (excludes halogenated alkanes) is 30. The van der Waals surface area contributed by atoms with Crippen LogP contribution in [0.2, 0.25) is 0 Å². The number of quaternary nitrogens is 1. The first-order valence-electron chi connectivity index (χ1n) is 28.0. The average Bonchev–Trinajstić information content (AvgIpc) is 3.28. The molecule has 0 bridgehead atoms. The molecule has 0 aliphatic carbocycles. The molecule has 392 valence electrons. The number of hydrogen-bond donors (Lipinski definition) is 1. The summed E-state index contributed by atoms with van der Waals surface area (Å²) in [6.07, 6.45) is 56.5. The minimum atomic E-state index is -4.69. The largest absolute Gasteiger partial charge is 0.756 e. The van der Waals surface area contributed by atoms with Crippen LogP contribution in [0.3, 0.4) is 0 Å². The lowest BCUT2D eigenvalue weighted by Crippen LogP contribution is -2.47. The third-order valence-electron chi connectivity index (χ3n) is 12.3. The SMILES string of the molecule is CC/C=C/C=C/C=C\CCCCCCCC(=O)OC(/C=C/CCCCCCCCCCC)C(COP(=O)([O-])OCC[N+](C)(C)C)NC(=O)CCCCCCCCCCCCCCCCCCC. The fourth-order valence-electron chi connectivity index (χ4n) is 7.99. The maximum Gasteiger partial charge on any atom is 0.306 e. The zero-order chi connectivity index (χ0) is 49.4. The van der Waals surface area contributed by atoms with Crippen molar-refractivity contribution < 1.29 is 37.3 Å². The zero-order valence-corrected chi connectivity index (χ0v) is 45.5. The molecular formula is C57H107N2O7P. The Morgan fingerprint density at radius 2 is 0.955 bits per heavy atom. The molecule has 0 heterocycles. The number of phosphoric acid groups is 1. The van der Waals surface area contributed by atoms with Crippen molar-refractivity contribution in [3.05, 3.63) is 48.6 Å². The number of nitrogens with zero attached hydrogens (tertiary/aromatic N) is 1. The third-order valence-corrected chi connectivity index (χ3v) is 13.3. The van der Waals surface area contributed by atoms with Crippen LogP contribution in [0.25, 0.3) is 0 Å². The maximum absolute atomic E-state index is 13.5. The lowest BCUT2D eigenvalue weighted by molar-refractivity contribution is -0.870. The number of phosphoric ester groups is 1. The molecule has 0 spiro atoms. The van der Waals surface area contributed by atoms with Crippen molar-refractivity contribution in [2.45, 2.75) is 264 Å².